The van der Waals surface area contributed by atoms with Gasteiger partial charge in [-0.3, -0.25) is 0 Å². The Balaban J connectivity index is 3.02. The average Bonchev–Trinajstić information content (AvgIpc) is 2.38. The Morgan fingerprint density at radius 1 is 0.857 bits per heavy atom. The van der Waals surface area contributed by atoms with Crippen LogP contribution in [0.5, 0.6) is 5.75 Å². The highest BCUT2D eigenvalue weighted by molar-refractivity contribution is 6.75. The molecule has 1 aromatic carbocycles. The van der Waals surface area contributed by atoms with E-state index in [0.717, 1.165) is 0 Å². The summed E-state index contributed by atoms with van der Waals surface area (Å²) in [5.41, 5.74) is 0. The van der Waals surface area contributed by atoms with E-state index in [4.69, 9.17) is 13.3 Å². The van der Waals surface area contributed by atoms with Crippen molar-refractivity contribution in [2.24, 2.45) is 0 Å². The first-order chi connectivity index (χ1) is 9.87. The molecule has 8 heteroatoms. The van der Waals surface area contributed by atoms with Gasteiger partial charge < -0.3 is 18.0 Å². The normalized spacial score (nSPS) is 12.5. The average molecular weight is 324 g/mol. The van der Waals surface area contributed by atoms with Crippen molar-refractivity contribution in [3.8, 4) is 5.75 Å². The molecule has 120 valence electrons. The molecule has 1 aromatic rings. The maximum Gasteiger partial charge on any atom is 0.573 e. The first kappa shape index (κ1) is 18.0. The molecule has 0 heterocycles. The number of benzene rings is 1. The van der Waals surface area contributed by atoms with E-state index in [9.17, 15) is 13.2 Å². The zero-order valence-corrected chi connectivity index (χ0v) is 13.2. The maximum atomic E-state index is 12.2. The van der Waals surface area contributed by atoms with Gasteiger partial charge in [0.05, 0.1) is 0 Å². The third-order valence-corrected chi connectivity index (χ3v) is 5.49. The highest BCUT2D eigenvalue weighted by atomic mass is 28.4. The Hall–Kier alpha value is -1.09. The van der Waals surface area contributed by atoms with Gasteiger partial charge in [0, 0.05) is 25.0 Å². The molecule has 21 heavy (non-hydrogen) atoms. The lowest BCUT2D eigenvalue weighted by molar-refractivity contribution is -0.274. The standard InChI is InChI=1S/C13H19F3O4Si/c1-4-17-21(18-5-2,19-6-3)12-9-7-11(8-10-12)20-13(14,15)16/h7-10H,4-6H2,1-3H3. The molecule has 0 unspecified atom stereocenters. The third kappa shape index (κ3) is 5.31. The molecular weight excluding hydrogens is 305 g/mol. The van der Waals surface area contributed by atoms with Crippen LogP contribution in [-0.2, 0) is 13.3 Å². The summed E-state index contributed by atoms with van der Waals surface area (Å²) in [5, 5.41) is 0.600. The number of alkyl halides is 3. The van der Waals surface area contributed by atoms with Gasteiger partial charge in [0.1, 0.15) is 5.75 Å². The minimum absolute atomic E-state index is 0.293. The predicted molar refractivity (Wildman–Crippen MR) is 73.4 cm³/mol. The van der Waals surface area contributed by atoms with Crippen LogP contribution in [-0.4, -0.2) is 35.0 Å². The lowest BCUT2D eigenvalue weighted by atomic mass is 10.3. The number of hydrogen-bond donors (Lipinski definition) is 0. The van der Waals surface area contributed by atoms with E-state index >= 15 is 0 Å². The fourth-order valence-electron chi connectivity index (χ4n) is 1.81. The lowest BCUT2D eigenvalue weighted by Gasteiger charge is -2.28. The summed E-state index contributed by atoms with van der Waals surface area (Å²) in [6.45, 7) is 6.57. The van der Waals surface area contributed by atoms with Crippen LogP contribution in [0.2, 0.25) is 0 Å². The van der Waals surface area contributed by atoms with Gasteiger partial charge in [0.2, 0.25) is 0 Å². The maximum absolute atomic E-state index is 12.2. The highest BCUT2D eigenvalue weighted by Crippen LogP contribution is 2.22. The van der Waals surface area contributed by atoms with Crippen molar-refractivity contribution in [3.63, 3.8) is 0 Å². The van der Waals surface area contributed by atoms with Crippen molar-refractivity contribution in [1.82, 2.24) is 0 Å². The Morgan fingerprint density at radius 2 is 1.29 bits per heavy atom. The number of hydrogen-bond acceptors (Lipinski definition) is 4. The minimum Gasteiger partial charge on any atom is -0.406 e. The molecule has 0 spiro atoms. The van der Waals surface area contributed by atoms with Gasteiger partial charge in [0.25, 0.3) is 0 Å². The fourth-order valence-corrected chi connectivity index (χ4v) is 4.27. The van der Waals surface area contributed by atoms with Crippen LogP contribution in [0.4, 0.5) is 13.2 Å². The van der Waals surface area contributed by atoms with E-state index in [0.29, 0.717) is 25.0 Å². The smallest absolute Gasteiger partial charge is 0.406 e. The van der Waals surface area contributed by atoms with E-state index in [1.54, 1.807) is 20.8 Å². The van der Waals surface area contributed by atoms with Crippen LogP contribution in [0.25, 0.3) is 0 Å². The zero-order chi connectivity index (χ0) is 15.9. The molecular formula is C13H19F3O4Si. The largest absolute Gasteiger partial charge is 0.573 e. The molecule has 0 aliphatic carbocycles. The summed E-state index contributed by atoms with van der Waals surface area (Å²) in [6.07, 6.45) is -4.71. The topological polar surface area (TPSA) is 36.9 Å². The molecule has 4 nitrogen and oxygen atoms in total. The quantitative estimate of drug-likeness (QED) is 0.689. The lowest BCUT2D eigenvalue weighted by Crippen LogP contribution is -2.56. The van der Waals surface area contributed by atoms with E-state index in [1.807, 2.05) is 0 Å². The Bertz CT molecular complexity index is 405. The first-order valence-corrected chi connectivity index (χ1v) is 8.37. The summed E-state index contributed by atoms with van der Waals surface area (Å²) in [6, 6.07) is 5.41. The second kappa shape index (κ2) is 7.78. The van der Waals surface area contributed by atoms with Crippen molar-refractivity contribution < 1.29 is 31.2 Å². The van der Waals surface area contributed by atoms with Crippen LogP contribution in [0, 0.1) is 0 Å². The summed E-state index contributed by atoms with van der Waals surface area (Å²) in [7, 11) is -3.09. The molecule has 0 saturated carbocycles. The molecule has 0 aromatic heterocycles. The Morgan fingerprint density at radius 3 is 1.62 bits per heavy atom. The van der Waals surface area contributed by atoms with Crippen molar-refractivity contribution in [3.05, 3.63) is 24.3 Å². The first-order valence-electron chi connectivity index (χ1n) is 6.65. The van der Waals surface area contributed by atoms with Crippen molar-refractivity contribution in [2.45, 2.75) is 27.1 Å². The van der Waals surface area contributed by atoms with Crippen molar-refractivity contribution in [2.75, 3.05) is 19.8 Å². The Labute approximate surface area is 123 Å². The number of rotatable bonds is 8. The molecule has 0 aliphatic heterocycles. The summed E-state index contributed by atoms with van der Waals surface area (Å²) in [5.74, 6) is -0.293. The monoisotopic (exact) mass is 324 g/mol. The summed E-state index contributed by atoms with van der Waals surface area (Å²) < 4.78 is 57.3. The van der Waals surface area contributed by atoms with Crippen LogP contribution >= 0.6 is 0 Å². The van der Waals surface area contributed by atoms with E-state index < -0.39 is 15.2 Å². The molecule has 0 atom stereocenters. The van der Waals surface area contributed by atoms with E-state index in [-0.39, 0.29) is 5.75 Å². The summed E-state index contributed by atoms with van der Waals surface area (Å²) >= 11 is 0. The van der Waals surface area contributed by atoms with Crippen molar-refractivity contribution >= 4 is 14.0 Å². The molecule has 0 radical (unpaired) electrons. The van der Waals surface area contributed by atoms with Gasteiger partial charge >= 0.3 is 15.2 Å². The van der Waals surface area contributed by atoms with Gasteiger partial charge in [0.15, 0.2) is 0 Å². The van der Waals surface area contributed by atoms with Crippen LogP contribution in [0.1, 0.15) is 20.8 Å². The number of halogens is 3. The molecule has 1 rings (SSSR count). The van der Waals surface area contributed by atoms with Gasteiger partial charge in [-0.2, -0.15) is 0 Å². The SMILES string of the molecule is CCO[Si](OCC)(OCC)c1ccc(OC(F)(F)F)cc1. The predicted octanol–water partition coefficient (Wildman–Crippen LogP) is 2.84. The summed E-state index contributed by atoms with van der Waals surface area (Å²) in [4.78, 5) is 0. The molecule has 0 amide bonds. The molecule has 0 N–H and O–H groups in total. The van der Waals surface area contributed by atoms with Crippen molar-refractivity contribution in [1.29, 1.82) is 0 Å². The van der Waals surface area contributed by atoms with Crippen LogP contribution in [0.15, 0.2) is 24.3 Å². The third-order valence-electron chi connectivity index (χ3n) is 2.44. The van der Waals surface area contributed by atoms with E-state index in [1.165, 1.54) is 24.3 Å². The second-order valence-corrected chi connectivity index (χ2v) is 6.48. The van der Waals surface area contributed by atoms with Gasteiger partial charge in [-0.15, -0.1) is 13.2 Å². The zero-order valence-electron chi connectivity index (χ0n) is 12.2. The minimum atomic E-state index is -4.71. The molecule has 0 fully saturated rings. The fraction of sp³-hybridized carbons (Fsp3) is 0.538. The van der Waals surface area contributed by atoms with Gasteiger partial charge in [-0.25, -0.2) is 0 Å². The van der Waals surface area contributed by atoms with Gasteiger partial charge in [-0.1, -0.05) is 12.1 Å². The second-order valence-electron chi connectivity index (χ2n) is 3.93. The van der Waals surface area contributed by atoms with Crippen LogP contribution < -0.4 is 9.92 Å². The highest BCUT2D eigenvalue weighted by Gasteiger charge is 2.43. The molecule has 0 saturated heterocycles. The van der Waals surface area contributed by atoms with E-state index in [2.05, 4.69) is 4.74 Å². The van der Waals surface area contributed by atoms with Gasteiger partial charge in [-0.05, 0) is 32.9 Å². The number of ether oxygens (including phenoxy) is 1. The molecule has 0 bridgehead atoms. The Kier molecular flexibility index (Phi) is 6.66. The van der Waals surface area contributed by atoms with Crippen LogP contribution in [0.3, 0.4) is 0 Å². The molecule has 0 aliphatic rings.